The molecule has 1 aromatic heterocycles. The largest absolute Gasteiger partial charge is 0.437 e. The molecule has 0 aliphatic rings. The Morgan fingerprint density at radius 1 is 1.15 bits per heavy atom. The van der Waals surface area contributed by atoms with E-state index in [2.05, 4.69) is 24.1 Å². The molecule has 5 heteroatoms. The molecule has 0 fully saturated rings. The van der Waals surface area contributed by atoms with Crippen LogP contribution in [0.1, 0.15) is 19.5 Å². The average Bonchev–Trinajstić information content (AvgIpc) is 2.42. The summed E-state index contributed by atoms with van der Waals surface area (Å²) < 4.78 is 5.68. The van der Waals surface area contributed by atoms with Gasteiger partial charge in [-0.15, -0.1) is 0 Å². The van der Waals surface area contributed by atoms with Gasteiger partial charge in [0.05, 0.1) is 10.7 Å². The summed E-state index contributed by atoms with van der Waals surface area (Å²) in [6.07, 6.45) is 0. The molecular weight excluding hydrogens is 295 g/mol. The van der Waals surface area contributed by atoms with Crippen LogP contribution >= 0.6 is 23.2 Å². The second-order valence-electron chi connectivity index (χ2n) is 4.66. The molecule has 2 rings (SSSR count). The minimum Gasteiger partial charge on any atom is -0.437 e. The standard InChI is InChI=1S/C15H16Cl2N2O/c1-10(2)18-9-11-5-3-8-14(19-11)20-13-7-4-6-12(16)15(13)17/h3-8,10,18H,9H2,1-2H3. The van der Waals surface area contributed by atoms with Crippen molar-refractivity contribution in [2.45, 2.75) is 26.4 Å². The molecule has 0 aliphatic carbocycles. The molecule has 106 valence electrons. The summed E-state index contributed by atoms with van der Waals surface area (Å²) in [5.41, 5.74) is 0.911. The minimum atomic E-state index is 0.390. The van der Waals surface area contributed by atoms with E-state index in [1.807, 2.05) is 12.1 Å². The fraction of sp³-hybridized carbons (Fsp3) is 0.267. The number of hydrogen-bond donors (Lipinski definition) is 1. The monoisotopic (exact) mass is 310 g/mol. The molecule has 0 saturated carbocycles. The Bertz CT molecular complexity index is 588. The Morgan fingerprint density at radius 2 is 1.90 bits per heavy atom. The Balaban J connectivity index is 2.13. The molecule has 0 saturated heterocycles. The topological polar surface area (TPSA) is 34.1 Å². The number of ether oxygens (including phenoxy) is 1. The first-order valence-electron chi connectivity index (χ1n) is 6.37. The van der Waals surface area contributed by atoms with Crippen LogP contribution in [-0.4, -0.2) is 11.0 Å². The fourth-order valence-corrected chi connectivity index (χ4v) is 1.93. The number of rotatable bonds is 5. The third kappa shape index (κ3) is 4.10. The Kier molecular flexibility index (Phi) is 5.24. The molecule has 0 spiro atoms. The van der Waals surface area contributed by atoms with Gasteiger partial charge in [0, 0.05) is 18.7 Å². The molecule has 0 unspecified atom stereocenters. The number of pyridine rings is 1. The molecule has 1 aromatic carbocycles. The van der Waals surface area contributed by atoms with Crippen molar-refractivity contribution in [2.24, 2.45) is 0 Å². The zero-order valence-corrected chi connectivity index (χ0v) is 12.9. The lowest BCUT2D eigenvalue weighted by molar-refractivity contribution is 0.458. The minimum absolute atomic E-state index is 0.390. The van der Waals surface area contributed by atoms with Gasteiger partial charge in [0.25, 0.3) is 0 Å². The van der Waals surface area contributed by atoms with Crippen LogP contribution in [0.2, 0.25) is 10.0 Å². The molecule has 0 atom stereocenters. The SMILES string of the molecule is CC(C)NCc1cccc(Oc2cccc(Cl)c2Cl)n1. The summed E-state index contributed by atoms with van der Waals surface area (Å²) in [5, 5.41) is 4.16. The van der Waals surface area contributed by atoms with Crippen molar-refractivity contribution in [3.8, 4) is 11.6 Å². The zero-order valence-electron chi connectivity index (χ0n) is 11.4. The predicted molar refractivity (Wildman–Crippen MR) is 82.7 cm³/mol. The maximum absolute atomic E-state index is 6.09. The lowest BCUT2D eigenvalue weighted by atomic mass is 10.3. The van der Waals surface area contributed by atoms with Crippen LogP contribution in [0.5, 0.6) is 11.6 Å². The first kappa shape index (κ1) is 15.1. The van der Waals surface area contributed by atoms with Crippen molar-refractivity contribution in [3.63, 3.8) is 0 Å². The van der Waals surface area contributed by atoms with Gasteiger partial charge in [0.15, 0.2) is 0 Å². The smallest absolute Gasteiger partial charge is 0.219 e. The highest BCUT2D eigenvalue weighted by molar-refractivity contribution is 6.42. The van der Waals surface area contributed by atoms with E-state index >= 15 is 0 Å². The van der Waals surface area contributed by atoms with Crippen LogP contribution in [0, 0.1) is 0 Å². The van der Waals surface area contributed by atoms with E-state index < -0.39 is 0 Å². The highest BCUT2D eigenvalue weighted by atomic mass is 35.5. The lowest BCUT2D eigenvalue weighted by Crippen LogP contribution is -2.22. The van der Waals surface area contributed by atoms with E-state index in [1.165, 1.54) is 0 Å². The Labute approximate surface area is 128 Å². The third-order valence-electron chi connectivity index (χ3n) is 2.60. The van der Waals surface area contributed by atoms with Gasteiger partial charge in [-0.25, -0.2) is 4.98 Å². The second kappa shape index (κ2) is 6.93. The summed E-state index contributed by atoms with van der Waals surface area (Å²) in [7, 11) is 0. The van der Waals surface area contributed by atoms with Gasteiger partial charge in [0.1, 0.15) is 10.8 Å². The zero-order chi connectivity index (χ0) is 14.5. The van der Waals surface area contributed by atoms with Crippen LogP contribution in [0.3, 0.4) is 0 Å². The Morgan fingerprint density at radius 3 is 2.65 bits per heavy atom. The summed E-state index contributed by atoms with van der Waals surface area (Å²) in [6.45, 7) is 4.87. The van der Waals surface area contributed by atoms with E-state index in [1.54, 1.807) is 24.3 Å². The summed E-state index contributed by atoms with van der Waals surface area (Å²) >= 11 is 12.0. The van der Waals surface area contributed by atoms with Gasteiger partial charge in [-0.1, -0.05) is 49.2 Å². The number of benzene rings is 1. The quantitative estimate of drug-likeness (QED) is 0.870. The molecule has 2 aromatic rings. The van der Waals surface area contributed by atoms with Gasteiger partial charge < -0.3 is 10.1 Å². The second-order valence-corrected chi connectivity index (χ2v) is 5.44. The number of nitrogens with one attached hydrogen (secondary N) is 1. The lowest BCUT2D eigenvalue weighted by Gasteiger charge is -2.10. The maximum atomic E-state index is 6.09. The summed E-state index contributed by atoms with van der Waals surface area (Å²) in [4.78, 5) is 4.42. The molecule has 20 heavy (non-hydrogen) atoms. The maximum Gasteiger partial charge on any atom is 0.219 e. The van der Waals surface area contributed by atoms with E-state index in [0.29, 0.717) is 34.3 Å². The Hall–Kier alpha value is -1.29. The first-order chi connectivity index (χ1) is 9.56. The van der Waals surface area contributed by atoms with Crippen molar-refractivity contribution in [2.75, 3.05) is 0 Å². The van der Waals surface area contributed by atoms with Crippen molar-refractivity contribution < 1.29 is 4.74 Å². The number of hydrogen-bond acceptors (Lipinski definition) is 3. The molecular formula is C15H16Cl2N2O. The van der Waals surface area contributed by atoms with Gasteiger partial charge in [0.2, 0.25) is 5.88 Å². The van der Waals surface area contributed by atoms with Gasteiger partial charge >= 0.3 is 0 Å². The van der Waals surface area contributed by atoms with E-state index in [4.69, 9.17) is 27.9 Å². The molecule has 0 radical (unpaired) electrons. The normalized spacial score (nSPS) is 10.8. The molecule has 1 N–H and O–H groups in total. The van der Waals surface area contributed by atoms with E-state index in [0.717, 1.165) is 5.69 Å². The number of aromatic nitrogens is 1. The third-order valence-corrected chi connectivity index (χ3v) is 3.40. The van der Waals surface area contributed by atoms with Crippen LogP contribution in [-0.2, 0) is 6.54 Å². The van der Waals surface area contributed by atoms with E-state index in [9.17, 15) is 0 Å². The van der Waals surface area contributed by atoms with Crippen molar-refractivity contribution in [1.29, 1.82) is 0 Å². The highest BCUT2D eigenvalue weighted by Crippen LogP contribution is 2.33. The molecule has 0 aliphatic heterocycles. The number of nitrogens with zero attached hydrogens (tertiary/aromatic N) is 1. The molecule has 3 nitrogen and oxygen atoms in total. The molecule has 0 bridgehead atoms. The van der Waals surface area contributed by atoms with Crippen LogP contribution < -0.4 is 10.1 Å². The summed E-state index contributed by atoms with van der Waals surface area (Å²) in [5.74, 6) is 0.998. The highest BCUT2D eigenvalue weighted by Gasteiger charge is 2.07. The van der Waals surface area contributed by atoms with Gasteiger partial charge in [-0.05, 0) is 18.2 Å². The van der Waals surface area contributed by atoms with Crippen molar-refractivity contribution in [3.05, 3.63) is 52.1 Å². The van der Waals surface area contributed by atoms with Crippen molar-refractivity contribution >= 4 is 23.2 Å². The van der Waals surface area contributed by atoms with Gasteiger partial charge in [-0.3, -0.25) is 0 Å². The summed E-state index contributed by atoms with van der Waals surface area (Å²) in [6, 6.07) is 11.3. The molecule has 1 heterocycles. The van der Waals surface area contributed by atoms with Crippen LogP contribution in [0.25, 0.3) is 0 Å². The fourth-order valence-electron chi connectivity index (χ4n) is 1.60. The van der Waals surface area contributed by atoms with Crippen LogP contribution in [0.15, 0.2) is 36.4 Å². The van der Waals surface area contributed by atoms with Crippen molar-refractivity contribution in [1.82, 2.24) is 10.3 Å². The van der Waals surface area contributed by atoms with Gasteiger partial charge in [-0.2, -0.15) is 0 Å². The predicted octanol–water partition coefficient (Wildman–Crippen LogP) is 4.68. The van der Waals surface area contributed by atoms with E-state index in [-0.39, 0.29) is 0 Å². The molecule has 0 amide bonds. The average molecular weight is 311 g/mol. The first-order valence-corrected chi connectivity index (χ1v) is 7.13. The number of halogens is 2. The van der Waals surface area contributed by atoms with Crippen LogP contribution in [0.4, 0.5) is 0 Å².